The van der Waals surface area contributed by atoms with E-state index in [1.54, 1.807) is 19.1 Å². The second kappa shape index (κ2) is 10.3. The highest BCUT2D eigenvalue weighted by Crippen LogP contribution is 2.40. The van der Waals surface area contributed by atoms with Gasteiger partial charge in [-0.2, -0.15) is 4.73 Å². The number of pyridine rings is 1. The van der Waals surface area contributed by atoms with Crippen LogP contribution in [0.25, 0.3) is 11.1 Å². The molecule has 7 nitrogen and oxygen atoms in total. The molecule has 2 N–H and O–H groups in total. The fraction of sp³-hybridized carbons (Fsp3) is 0.269. The van der Waals surface area contributed by atoms with Crippen molar-refractivity contribution >= 4 is 29.2 Å². The number of anilines is 1. The van der Waals surface area contributed by atoms with Crippen LogP contribution >= 0.6 is 11.6 Å². The quantitative estimate of drug-likeness (QED) is 0.304. The highest BCUT2D eigenvalue weighted by Gasteiger charge is 2.35. The van der Waals surface area contributed by atoms with Crippen molar-refractivity contribution in [3.63, 3.8) is 0 Å². The first-order valence-electron chi connectivity index (χ1n) is 11.3. The van der Waals surface area contributed by atoms with Crippen LogP contribution in [0.1, 0.15) is 48.2 Å². The zero-order chi connectivity index (χ0) is 25.1. The molecule has 3 aromatic rings. The number of halogens is 2. The molecule has 2 aromatic carbocycles. The molecule has 9 heteroatoms. The van der Waals surface area contributed by atoms with Gasteiger partial charge < -0.3 is 20.4 Å². The summed E-state index contributed by atoms with van der Waals surface area (Å²) >= 11 is 5.97. The van der Waals surface area contributed by atoms with Crippen molar-refractivity contribution in [2.24, 2.45) is 5.92 Å². The summed E-state index contributed by atoms with van der Waals surface area (Å²) in [5.74, 6) is -2.26. The van der Waals surface area contributed by atoms with Crippen molar-refractivity contribution < 1.29 is 28.6 Å². The number of rotatable bonds is 9. The Morgan fingerprint density at radius 3 is 2.51 bits per heavy atom. The van der Waals surface area contributed by atoms with Crippen LogP contribution in [-0.4, -0.2) is 23.6 Å². The lowest BCUT2D eigenvalue weighted by Crippen LogP contribution is -2.37. The number of carbonyl (C=O) groups excluding carboxylic acids is 1. The number of carboxylic acid groups (broad SMARTS) is 1. The lowest BCUT2D eigenvalue weighted by atomic mass is 9.95. The van der Waals surface area contributed by atoms with E-state index >= 15 is 0 Å². The van der Waals surface area contributed by atoms with Gasteiger partial charge in [0.2, 0.25) is 11.6 Å². The maximum Gasteiger partial charge on any atom is 0.335 e. The Kier molecular flexibility index (Phi) is 7.21. The number of amides is 1. The van der Waals surface area contributed by atoms with Gasteiger partial charge in [-0.05, 0) is 61.7 Å². The molecule has 1 heterocycles. The summed E-state index contributed by atoms with van der Waals surface area (Å²) in [5.41, 5.74) is 1.13. The summed E-state index contributed by atoms with van der Waals surface area (Å²) in [6.07, 6.45) is 3.69. The number of hydrogen-bond donors (Lipinski definition) is 2. The van der Waals surface area contributed by atoms with Crippen LogP contribution in [0.15, 0.2) is 54.7 Å². The van der Waals surface area contributed by atoms with Crippen LogP contribution in [0, 0.1) is 16.9 Å². The molecule has 0 unspecified atom stereocenters. The minimum atomic E-state index is -1.06. The number of aromatic carboxylic acids is 1. The van der Waals surface area contributed by atoms with Gasteiger partial charge in [0.25, 0.3) is 0 Å². The molecular formula is C26H24ClFN2O5. The number of nitrogens with zero attached hydrogens (tertiary/aromatic N) is 1. The fourth-order valence-corrected chi connectivity index (χ4v) is 4.12. The second-order valence-electron chi connectivity index (χ2n) is 8.44. The van der Waals surface area contributed by atoms with E-state index in [1.807, 2.05) is 0 Å². The van der Waals surface area contributed by atoms with Crippen molar-refractivity contribution in [3.8, 4) is 16.9 Å². The van der Waals surface area contributed by atoms with Gasteiger partial charge in [-0.3, -0.25) is 4.79 Å². The molecule has 1 amide bonds. The van der Waals surface area contributed by atoms with Crippen molar-refractivity contribution in [2.45, 2.75) is 32.1 Å². The van der Waals surface area contributed by atoms with Crippen molar-refractivity contribution in [2.75, 3.05) is 11.9 Å². The first-order valence-corrected chi connectivity index (χ1v) is 11.6. The lowest BCUT2D eigenvalue weighted by Gasteiger charge is -2.18. The third-order valence-electron chi connectivity index (χ3n) is 5.93. The van der Waals surface area contributed by atoms with Crippen LogP contribution in [0.4, 0.5) is 10.1 Å². The minimum absolute atomic E-state index is 0.0808. The molecule has 1 fully saturated rings. The molecule has 0 aliphatic heterocycles. The molecule has 0 saturated heterocycles. The maximum absolute atomic E-state index is 14.9. The molecule has 0 bridgehead atoms. The predicted octanol–water partition coefficient (Wildman–Crippen LogP) is 5.40. The van der Waals surface area contributed by atoms with Crippen LogP contribution in [0.5, 0.6) is 5.75 Å². The maximum atomic E-state index is 14.9. The third-order valence-corrected chi connectivity index (χ3v) is 6.22. The highest BCUT2D eigenvalue weighted by molar-refractivity contribution is 6.31. The molecule has 0 spiro atoms. The average molecular weight is 499 g/mol. The van der Waals surface area contributed by atoms with E-state index in [0.717, 1.165) is 12.8 Å². The Balaban J connectivity index is 1.64. The van der Waals surface area contributed by atoms with Crippen molar-refractivity contribution in [1.82, 2.24) is 0 Å². The topological polar surface area (TPSA) is 103 Å². The van der Waals surface area contributed by atoms with Crippen LogP contribution in [0.2, 0.25) is 5.02 Å². The van der Waals surface area contributed by atoms with Crippen LogP contribution in [-0.2, 0) is 4.79 Å². The normalized spacial score (nSPS) is 13.8. The summed E-state index contributed by atoms with van der Waals surface area (Å²) in [5, 5.41) is 24.8. The van der Waals surface area contributed by atoms with Gasteiger partial charge in [-0.1, -0.05) is 24.4 Å². The molecule has 182 valence electrons. The first-order chi connectivity index (χ1) is 16.8. The average Bonchev–Trinajstić information content (AvgIpc) is 3.65. The molecule has 0 radical (unpaired) electrons. The van der Waals surface area contributed by atoms with E-state index in [0.29, 0.717) is 29.4 Å². The van der Waals surface area contributed by atoms with E-state index in [-0.39, 0.29) is 39.1 Å². The Hall–Kier alpha value is -3.65. The van der Waals surface area contributed by atoms with Gasteiger partial charge in [0.1, 0.15) is 11.7 Å². The van der Waals surface area contributed by atoms with E-state index in [2.05, 4.69) is 5.32 Å². The van der Waals surface area contributed by atoms with Crippen LogP contribution < -0.4 is 14.8 Å². The highest BCUT2D eigenvalue weighted by atomic mass is 35.5. The van der Waals surface area contributed by atoms with E-state index in [1.165, 1.54) is 42.6 Å². The first kappa shape index (κ1) is 24.5. The molecule has 1 aliphatic rings. The summed E-state index contributed by atoms with van der Waals surface area (Å²) in [6.45, 7) is 2.07. The van der Waals surface area contributed by atoms with Gasteiger partial charge in [-0.15, -0.1) is 0 Å². The molecule has 1 saturated carbocycles. The summed E-state index contributed by atoms with van der Waals surface area (Å²) in [7, 11) is 0. The molecule has 1 aromatic heterocycles. The number of carbonyl (C=O) groups is 2. The zero-order valence-corrected chi connectivity index (χ0v) is 19.7. The number of nitrogens with one attached hydrogen (secondary N) is 1. The fourth-order valence-electron chi connectivity index (χ4n) is 3.96. The summed E-state index contributed by atoms with van der Waals surface area (Å²) in [4.78, 5) is 24.2. The van der Waals surface area contributed by atoms with Gasteiger partial charge >= 0.3 is 5.97 Å². The van der Waals surface area contributed by atoms with E-state index < -0.39 is 17.7 Å². The number of carboxylic acids is 1. The monoisotopic (exact) mass is 498 g/mol. The number of benzene rings is 2. The standard InChI is InChI=1S/C26H24ClFN2O5/c1-2-35-22-12-10-20(27)24(28)23(22)17-7-11-21(30(34)14-17)19(13-15-3-4-15)25(31)29-18-8-5-16(6-9-18)26(32)33/h5-12,14-15,19H,2-4,13H2,1H3,(H,29,31)(H,32,33)/t19-/m1/s1. The lowest BCUT2D eigenvalue weighted by molar-refractivity contribution is -0.614. The third kappa shape index (κ3) is 5.54. The molecule has 4 rings (SSSR count). The van der Waals surface area contributed by atoms with Crippen molar-refractivity contribution in [3.05, 3.63) is 82.0 Å². The smallest absolute Gasteiger partial charge is 0.335 e. The largest absolute Gasteiger partial charge is 0.618 e. The molecular weight excluding hydrogens is 475 g/mol. The van der Waals surface area contributed by atoms with E-state index in [9.17, 15) is 19.2 Å². The summed E-state index contributed by atoms with van der Waals surface area (Å²) in [6, 6.07) is 11.8. The zero-order valence-electron chi connectivity index (χ0n) is 19.0. The van der Waals surface area contributed by atoms with Gasteiger partial charge in [-0.25, -0.2) is 9.18 Å². The molecule has 35 heavy (non-hydrogen) atoms. The SMILES string of the molecule is CCOc1ccc(Cl)c(F)c1-c1ccc([C@@H](CC2CC2)C(=O)Nc2ccc(C(=O)O)cc2)[n+]([O-])c1. The Bertz CT molecular complexity index is 1260. The van der Waals surface area contributed by atoms with E-state index in [4.69, 9.17) is 21.4 Å². The van der Waals surface area contributed by atoms with Crippen molar-refractivity contribution in [1.29, 1.82) is 0 Å². The van der Waals surface area contributed by atoms with Gasteiger partial charge in [0.05, 0.1) is 28.3 Å². The second-order valence-corrected chi connectivity index (χ2v) is 8.85. The Labute approximate surface area is 206 Å². The molecule has 1 atom stereocenters. The number of aromatic nitrogens is 1. The number of hydrogen-bond acceptors (Lipinski definition) is 4. The molecule has 1 aliphatic carbocycles. The Morgan fingerprint density at radius 2 is 1.91 bits per heavy atom. The Morgan fingerprint density at radius 1 is 1.20 bits per heavy atom. The number of ether oxygens (including phenoxy) is 1. The van der Waals surface area contributed by atoms with Gasteiger partial charge in [0.15, 0.2) is 12.0 Å². The minimum Gasteiger partial charge on any atom is -0.618 e. The predicted molar refractivity (Wildman–Crippen MR) is 129 cm³/mol. The van der Waals surface area contributed by atoms with Gasteiger partial charge in [0, 0.05) is 11.8 Å². The van der Waals surface area contributed by atoms with Crippen LogP contribution in [0.3, 0.4) is 0 Å². The summed E-state index contributed by atoms with van der Waals surface area (Å²) < 4.78 is 21.0.